The van der Waals surface area contributed by atoms with Crippen molar-refractivity contribution in [3.63, 3.8) is 0 Å². The van der Waals surface area contributed by atoms with Crippen molar-refractivity contribution in [2.75, 3.05) is 18.3 Å². The van der Waals surface area contributed by atoms with Crippen LogP contribution in [0.2, 0.25) is 5.28 Å². The number of nitrogens with zero attached hydrogens (tertiary/aromatic N) is 3. The summed E-state index contributed by atoms with van der Waals surface area (Å²) in [6, 6.07) is 4.06. The first-order valence-electron chi connectivity index (χ1n) is 10.6. The van der Waals surface area contributed by atoms with E-state index in [1.54, 1.807) is 4.52 Å². The van der Waals surface area contributed by atoms with Crippen molar-refractivity contribution in [2.45, 2.75) is 69.0 Å². The molecule has 0 amide bonds. The lowest BCUT2D eigenvalue weighted by atomic mass is 9.95. The average Bonchev–Trinajstić information content (AvgIpc) is 3.43. The Hall–Kier alpha value is -1.30. The molecule has 2 fully saturated rings. The predicted molar refractivity (Wildman–Crippen MR) is 116 cm³/mol. The zero-order valence-electron chi connectivity index (χ0n) is 17.5. The third-order valence-corrected chi connectivity index (χ3v) is 6.79. The number of fused-ring (bicyclic) bond motifs is 1. The van der Waals surface area contributed by atoms with Gasteiger partial charge in [0.25, 0.3) is 0 Å². The maximum Gasteiger partial charge on any atom is 0.350 e. The third kappa shape index (κ3) is 5.10. The summed E-state index contributed by atoms with van der Waals surface area (Å²) in [5, 5.41) is 28.8. The molecule has 4 rings (SSSR count). The lowest BCUT2D eigenvalue weighted by Gasteiger charge is -2.22. The lowest BCUT2D eigenvalue weighted by Crippen LogP contribution is -2.36. The van der Waals surface area contributed by atoms with Crippen LogP contribution in [0, 0.1) is 0 Å². The van der Waals surface area contributed by atoms with Crippen molar-refractivity contribution in [1.29, 1.82) is 0 Å². The summed E-state index contributed by atoms with van der Waals surface area (Å²) in [5.74, 6) is 0.256. The number of aromatic nitrogens is 3. The minimum Gasteiger partial charge on any atom is -0.388 e. The number of anilines is 1. The maximum absolute atomic E-state index is 11.0. The Morgan fingerprint density at radius 1 is 1.31 bits per heavy atom. The van der Waals surface area contributed by atoms with Gasteiger partial charge in [0.15, 0.2) is 5.82 Å². The van der Waals surface area contributed by atoms with Crippen LogP contribution in [0.25, 0.3) is 5.52 Å². The number of hydrogen-bond donors (Lipinski definition) is 5. The molecule has 5 atom stereocenters. The zero-order chi connectivity index (χ0) is 23.0. The highest BCUT2D eigenvalue weighted by Gasteiger charge is 2.46. The number of aliphatic hydroxyl groups is 2. The van der Waals surface area contributed by atoms with E-state index in [1.165, 1.54) is 12.8 Å². The highest BCUT2D eigenvalue weighted by atomic mass is 35.5. The van der Waals surface area contributed by atoms with Crippen LogP contribution in [0.1, 0.15) is 44.2 Å². The van der Waals surface area contributed by atoms with Gasteiger partial charge in [0.2, 0.25) is 5.28 Å². The Labute approximate surface area is 189 Å². The summed E-state index contributed by atoms with van der Waals surface area (Å²) < 4.78 is 23.4. The Bertz CT molecular complexity index is 995. The van der Waals surface area contributed by atoms with Crippen molar-refractivity contribution in [3.05, 3.63) is 23.1 Å². The molecule has 5 N–H and O–H groups in total. The van der Waals surface area contributed by atoms with Crippen LogP contribution in [0.3, 0.4) is 0 Å². The van der Waals surface area contributed by atoms with Crippen molar-refractivity contribution < 1.29 is 34.0 Å². The second-order valence-electron chi connectivity index (χ2n) is 8.48. The number of rotatable bonds is 8. The molecule has 1 aliphatic carbocycles. The summed E-state index contributed by atoms with van der Waals surface area (Å²) in [4.78, 5) is 22.2. The molecule has 11 nitrogen and oxygen atoms in total. The van der Waals surface area contributed by atoms with Crippen LogP contribution in [-0.4, -0.2) is 78.0 Å². The molecule has 178 valence electrons. The van der Waals surface area contributed by atoms with E-state index in [2.05, 4.69) is 15.4 Å². The number of ether oxygens (including phenoxy) is 2. The average molecular weight is 491 g/mol. The van der Waals surface area contributed by atoms with Crippen LogP contribution in [0.15, 0.2) is 12.1 Å². The van der Waals surface area contributed by atoms with E-state index in [0.29, 0.717) is 17.6 Å². The van der Waals surface area contributed by atoms with Gasteiger partial charge >= 0.3 is 7.60 Å². The molecular formula is C19H28ClN4O7P. The molecule has 2 aliphatic rings. The number of hydrogen-bond acceptors (Lipinski definition) is 8. The molecular weight excluding hydrogens is 463 g/mol. The van der Waals surface area contributed by atoms with Gasteiger partial charge in [0, 0.05) is 17.7 Å². The first-order valence-corrected chi connectivity index (χ1v) is 12.8. The Balaban J connectivity index is 1.52. The zero-order valence-corrected chi connectivity index (χ0v) is 19.2. The van der Waals surface area contributed by atoms with Gasteiger partial charge in [0.05, 0.1) is 12.7 Å². The molecule has 2 aromatic rings. The summed E-state index contributed by atoms with van der Waals surface area (Å²) in [5.41, 5.74) is 1.46. The molecule has 0 radical (unpaired) electrons. The molecule has 2 aromatic heterocycles. The fourth-order valence-corrected chi connectivity index (χ4v) is 4.99. The van der Waals surface area contributed by atoms with Crippen molar-refractivity contribution in [3.8, 4) is 0 Å². The van der Waals surface area contributed by atoms with Gasteiger partial charge in [0.1, 0.15) is 30.2 Å². The smallest absolute Gasteiger partial charge is 0.350 e. The van der Waals surface area contributed by atoms with Crippen molar-refractivity contribution in [1.82, 2.24) is 14.6 Å². The number of aliphatic hydroxyl groups excluding tert-OH is 2. The standard InChI is InChI=1S/C19H28ClN4O7P/c1-10(17-16(26)15(25)14(31-17)8-30-9-32(27,28)29)12-6-7-13-18(21-11-4-2-3-5-11)22-19(20)23-24(12)13/h6-7,10-11,14-17,25-26H,2-5,8-9H2,1H3,(H,21,22,23)(H2,27,28,29)/t10-,14-,15-,16-,17-/m1/s1. The van der Waals surface area contributed by atoms with E-state index in [1.807, 2.05) is 19.1 Å². The minimum absolute atomic E-state index is 0.0827. The van der Waals surface area contributed by atoms with Gasteiger partial charge in [-0.05, 0) is 36.6 Å². The molecule has 0 unspecified atom stereocenters. The summed E-state index contributed by atoms with van der Waals surface area (Å²) in [6.07, 6.45) is -0.476. The topological polar surface area (TPSA) is 159 Å². The van der Waals surface area contributed by atoms with E-state index in [-0.39, 0.29) is 17.8 Å². The van der Waals surface area contributed by atoms with E-state index >= 15 is 0 Å². The second kappa shape index (κ2) is 9.52. The van der Waals surface area contributed by atoms with Crippen LogP contribution in [0.5, 0.6) is 0 Å². The minimum atomic E-state index is -4.34. The number of nitrogens with one attached hydrogen (secondary N) is 1. The fourth-order valence-electron chi connectivity index (χ4n) is 4.49. The van der Waals surface area contributed by atoms with Gasteiger partial charge in [-0.3, -0.25) is 4.57 Å². The highest BCUT2D eigenvalue weighted by Crippen LogP contribution is 2.36. The predicted octanol–water partition coefficient (Wildman–Crippen LogP) is 1.48. The SMILES string of the molecule is C[C@H](c1ccc2c(NC3CCCC3)nc(Cl)nn12)[C@H]1O[C@H](COCP(=O)(O)O)[C@@H](O)[C@H]1O. The molecule has 0 spiro atoms. The van der Waals surface area contributed by atoms with Gasteiger partial charge in [-0.15, -0.1) is 5.10 Å². The molecule has 1 aliphatic heterocycles. The largest absolute Gasteiger partial charge is 0.388 e. The Morgan fingerprint density at radius 2 is 2.03 bits per heavy atom. The molecule has 0 bridgehead atoms. The van der Waals surface area contributed by atoms with E-state index in [4.69, 9.17) is 30.9 Å². The normalized spacial score (nSPS) is 27.9. The maximum atomic E-state index is 11.0. The summed E-state index contributed by atoms with van der Waals surface area (Å²) in [6.45, 7) is 1.58. The highest BCUT2D eigenvalue weighted by molar-refractivity contribution is 7.51. The van der Waals surface area contributed by atoms with Gasteiger partial charge < -0.3 is 34.8 Å². The Morgan fingerprint density at radius 3 is 2.72 bits per heavy atom. The van der Waals surface area contributed by atoms with Crippen LogP contribution in [0.4, 0.5) is 5.82 Å². The van der Waals surface area contributed by atoms with Crippen molar-refractivity contribution >= 4 is 30.5 Å². The molecule has 13 heteroatoms. The van der Waals surface area contributed by atoms with E-state index in [9.17, 15) is 14.8 Å². The van der Waals surface area contributed by atoms with Crippen LogP contribution < -0.4 is 5.32 Å². The first kappa shape index (κ1) is 23.8. The number of halogens is 1. The molecule has 32 heavy (non-hydrogen) atoms. The van der Waals surface area contributed by atoms with Crippen LogP contribution in [-0.2, 0) is 14.0 Å². The van der Waals surface area contributed by atoms with Gasteiger partial charge in [-0.25, -0.2) is 4.52 Å². The van der Waals surface area contributed by atoms with Gasteiger partial charge in [-0.2, -0.15) is 4.98 Å². The van der Waals surface area contributed by atoms with E-state index < -0.39 is 38.4 Å². The first-order chi connectivity index (χ1) is 15.1. The molecule has 1 saturated carbocycles. The summed E-state index contributed by atoms with van der Waals surface area (Å²) >= 11 is 6.19. The van der Waals surface area contributed by atoms with Gasteiger partial charge in [-0.1, -0.05) is 19.8 Å². The lowest BCUT2D eigenvalue weighted by molar-refractivity contribution is -0.0436. The molecule has 3 heterocycles. The second-order valence-corrected chi connectivity index (χ2v) is 10.4. The summed E-state index contributed by atoms with van der Waals surface area (Å²) in [7, 11) is -4.34. The quantitative estimate of drug-likeness (QED) is 0.343. The third-order valence-electron chi connectivity index (χ3n) is 6.11. The molecule has 0 aromatic carbocycles. The Kier molecular flexibility index (Phi) is 7.09. The monoisotopic (exact) mass is 490 g/mol. The van der Waals surface area contributed by atoms with Crippen molar-refractivity contribution in [2.24, 2.45) is 0 Å². The fraction of sp³-hybridized carbons (Fsp3) is 0.684. The van der Waals surface area contributed by atoms with Crippen LogP contribution >= 0.6 is 19.2 Å². The molecule has 1 saturated heterocycles. The van der Waals surface area contributed by atoms with E-state index in [0.717, 1.165) is 18.4 Å².